The van der Waals surface area contributed by atoms with Crippen molar-refractivity contribution >= 4 is 33.3 Å². The number of nitrogens with one attached hydrogen (secondary N) is 1. The summed E-state index contributed by atoms with van der Waals surface area (Å²) in [6, 6.07) is 7.69. The highest BCUT2D eigenvalue weighted by molar-refractivity contribution is 7.92. The van der Waals surface area contributed by atoms with Gasteiger partial charge in [-0.05, 0) is 36.4 Å². The van der Waals surface area contributed by atoms with E-state index in [-0.39, 0.29) is 21.3 Å². The van der Waals surface area contributed by atoms with Crippen LogP contribution in [0.15, 0.2) is 47.5 Å². The molecule has 2 N–H and O–H groups in total. The number of aromatic carboxylic acids is 1. The fourth-order valence-corrected chi connectivity index (χ4v) is 2.68. The van der Waals surface area contributed by atoms with Gasteiger partial charge in [-0.3, -0.25) is 4.72 Å². The van der Waals surface area contributed by atoms with Crippen molar-refractivity contribution in [1.29, 1.82) is 0 Å². The fraction of sp³-hybridized carbons (Fsp3) is 0. The summed E-state index contributed by atoms with van der Waals surface area (Å²) < 4.78 is 26.5. The Morgan fingerprint density at radius 1 is 1.20 bits per heavy atom. The summed E-state index contributed by atoms with van der Waals surface area (Å²) in [5.74, 6) is -1.12. The number of carboxylic acid groups (broad SMARTS) is 1. The van der Waals surface area contributed by atoms with Crippen LogP contribution in [0.1, 0.15) is 10.4 Å². The number of halogens is 1. The average Bonchev–Trinajstić information content (AvgIpc) is 2.38. The van der Waals surface area contributed by atoms with Crippen LogP contribution >= 0.6 is 11.6 Å². The molecule has 0 saturated carbocycles. The molecule has 20 heavy (non-hydrogen) atoms. The Labute approximate surface area is 120 Å². The van der Waals surface area contributed by atoms with E-state index in [4.69, 9.17) is 16.7 Å². The minimum Gasteiger partial charge on any atom is -0.478 e. The molecule has 1 aromatic heterocycles. The van der Waals surface area contributed by atoms with Gasteiger partial charge in [0.25, 0.3) is 10.0 Å². The Bertz CT molecular complexity index is 744. The SMILES string of the molecule is O=C(O)c1ccc(S(=O)(=O)Nc2ccnc(Cl)c2)cc1. The summed E-state index contributed by atoms with van der Waals surface area (Å²) in [5.41, 5.74) is 0.281. The number of pyridine rings is 1. The monoisotopic (exact) mass is 312 g/mol. The van der Waals surface area contributed by atoms with Crippen LogP contribution in [0.25, 0.3) is 0 Å². The third-order valence-electron chi connectivity index (χ3n) is 2.39. The molecular weight excluding hydrogens is 304 g/mol. The highest BCUT2D eigenvalue weighted by Gasteiger charge is 2.15. The maximum Gasteiger partial charge on any atom is 0.335 e. The molecule has 0 unspecified atom stereocenters. The van der Waals surface area contributed by atoms with Crippen LogP contribution < -0.4 is 4.72 Å². The van der Waals surface area contributed by atoms with E-state index in [1.165, 1.54) is 42.6 Å². The zero-order chi connectivity index (χ0) is 14.8. The van der Waals surface area contributed by atoms with Gasteiger partial charge in [0.05, 0.1) is 16.1 Å². The fourth-order valence-electron chi connectivity index (χ4n) is 1.46. The molecule has 0 aliphatic rings. The summed E-state index contributed by atoms with van der Waals surface area (Å²) in [6.45, 7) is 0. The van der Waals surface area contributed by atoms with E-state index in [1.807, 2.05) is 0 Å². The Morgan fingerprint density at radius 3 is 2.40 bits per heavy atom. The Kier molecular flexibility index (Phi) is 3.91. The third-order valence-corrected chi connectivity index (χ3v) is 3.99. The lowest BCUT2D eigenvalue weighted by atomic mass is 10.2. The van der Waals surface area contributed by atoms with Gasteiger partial charge in [0, 0.05) is 6.20 Å². The van der Waals surface area contributed by atoms with Crippen molar-refractivity contribution < 1.29 is 18.3 Å². The average molecular weight is 313 g/mol. The van der Waals surface area contributed by atoms with E-state index in [9.17, 15) is 13.2 Å². The summed E-state index contributed by atoms with van der Waals surface area (Å²) in [4.78, 5) is 14.4. The number of anilines is 1. The van der Waals surface area contributed by atoms with Gasteiger partial charge in [0.15, 0.2) is 0 Å². The molecule has 0 atom stereocenters. The largest absolute Gasteiger partial charge is 0.478 e. The number of aromatic nitrogens is 1. The van der Waals surface area contributed by atoms with Crippen molar-refractivity contribution in [1.82, 2.24) is 4.98 Å². The predicted octanol–water partition coefficient (Wildman–Crippen LogP) is 2.23. The van der Waals surface area contributed by atoms with E-state index in [0.29, 0.717) is 0 Å². The molecule has 0 spiro atoms. The lowest BCUT2D eigenvalue weighted by Gasteiger charge is -2.08. The minimum absolute atomic E-state index is 0.0101. The van der Waals surface area contributed by atoms with Gasteiger partial charge in [-0.15, -0.1) is 0 Å². The van der Waals surface area contributed by atoms with E-state index in [1.54, 1.807) is 0 Å². The number of hydrogen-bond acceptors (Lipinski definition) is 4. The first kappa shape index (κ1) is 14.3. The van der Waals surface area contributed by atoms with Gasteiger partial charge < -0.3 is 5.11 Å². The van der Waals surface area contributed by atoms with Crippen LogP contribution in [-0.2, 0) is 10.0 Å². The van der Waals surface area contributed by atoms with Gasteiger partial charge in [0.2, 0.25) is 0 Å². The topological polar surface area (TPSA) is 96.4 Å². The van der Waals surface area contributed by atoms with E-state index in [2.05, 4.69) is 9.71 Å². The number of sulfonamides is 1. The molecular formula is C12H9ClN2O4S. The Morgan fingerprint density at radius 2 is 1.85 bits per heavy atom. The molecule has 0 saturated heterocycles. The van der Waals surface area contributed by atoms with Crippen molar-refractivity contribution in [2.75, 3.05) is 4.72 Å². The zero-order valence-corrected chi connectivity index (χ0v) is 11.5. The van der Waals surface area contributed by atoms with E-state index >= 15 is 0 Å². The Hall–Kier alpha value is -2.12. The highest BCUT2D eigenvalue weighted by atomic mass is 35.5. The number of carboxylic acids is 1. The summed E-state index contributed by atoms with van der Waals surface area (Å²) in [5, 5.41) is 8.92. The molecule has 1 aromatic carbocycles. The first-order valence-electron chi connectivity index (χ1n) is 5.36. The molecule has 2 rings (SSSR count). The van der Waals surface area contributed by atoms with Gasteiger partial charge in [-0.25, -0.2) is 18.2 Å². The van der Waals surface area contributed by atoms with E-state index in [0.717, 1.165) is 0 Å². The standard InChI is InChI=1S/C12H9ClN2O4S/c13-11-7-9(5-6-14-11)15-20(18,19)10-3-1-8(2-4-10)12(16)17/h1-7H,(H,14,15)(H,16,17). The van der Waals surface area contributed by atoms with Crippen LogP contribution in [-0.4, -0.2) is 24.5 Å². The highest BCUT2D eigenvalue weighted by Crippen LogP contribution is 2.18. The van der Waals surface area contributed by atoms with Crippen LogP contribution in [0, 0.1) is 0 Å². The quantitative estimate of drug-likeness (QED) is 0.844. The smallest absolute Gasteiger partial charge is 0.335 e. The van der Waals surface area contributed by atoms with Crippen molar-refractivity contribution in [3.05, 3.63) is 53.3 Å². The van der Waals surface area contributed by atoms with Crippen molar-refractivity contribution in [3.8, 4) is 0 Å². The maximum atomic E-state index is 12.1. The number of benzene rings is 1. The normalized spacial score (nSPS) is 11.1. The van der Waals surface area contributed by atoms with Crippen molar-refractivity contribution in [2.24, 2.45) is 0 Å². The molecule has 0 fully saturated rings. The number of carbonyl (C=O) groups is 1. The van der Waals surface area contributed by atoms with Crippen molar-refractivity contribution in [2.45, 2.75) is 4.90 Å². The van der Waals surface area contributed by atoms with Crippen LogP contribution in [0.2, 0.25) is 5.15 Å². The first-order chi connectivity index (χ1) is 9.38. The minimum atomic E-state index is -3.80. The number of hydrogen-bond donors (Lipinski definition) is 2. The number of nitrogens with zero attached hydrogens (tertiary/aromatic N) is 1. The molecule has 0 amide bonds. The lowest BCUT2D eigenvalue weighted by molar-refractivity contribution is 0.0697. The molecule has 1 heterocycles. The van der Waals surface area contributed by atoms with Gasteiger partial charge in [-0.1, -0.05) is 11.6 Å². The lowest BCUT2D eigenvalue weighted by Crippen LogP contribution is -2.13. The summed E-state index contributed by atoms with van der Waals surface area (Å²) in [7, 11) is -3.80. The second-order valence-corrected chi connectivity index (χ2v) is 5.87. The molecule has 0 bridgehead atoms. The van der Waals surface area contributed by atoms with Gasteiger partial charge in [-0.2, -0.15) is 0 Å². The molecule has 6 nitrogen and oxygen atoms in total. The van der Waals surface area contributed by atoms with Gasteiger partial charge in [0.1, 0.15) is 5.15 Å². The third kappa shape index (κ3) is 3.25. The molecule has 0 aliphatic heterocycles. The zero-order valence-electron chi connectivity index (χ0n) is 9.95. The van der Waals surface area contributed by atoms with Gasteiger partial charge >= 0.3 is 5.97 Å². The second kappa shape index (κ2) is 5.48. The van der Waals surface area contributed by atoms with Crippen LogP contribution in [0.5, 0.6) is 0 Å². The second-order valence-electron chi connectivity index (χ2n) is 3.80. The molecule has 0 aliphatic carbocycles. The maximum absolute atomic E-state index is 12.1. The summed E-state index contributed by atoms with van der Waals surface area (Å²) >= 11 is 5.66. The molecule has 2 aromatic rings. The molecule has 104 valence electrons. The number of rotatable bonds is 4. The van der Waals surface area contributed by atoms with Crippen LogP contribution in [0.4, 0.5) is 5.69 Å². The Balaban J connectivity index is 2.28. The van der Waals surface area contributed by atoms with E-state index < -0.39 is 16.0 Å². The molecule has 8 heteroatoms. The molecule has 0 radical (unpaired) electrons. The van der Waals surface area contributed by atoms with Crippen molar-refractivity contribution in [3.63, 3.8) is 0 Å². The van der Waals surface area contributed by atoms with Crippen LogP contribution in [0.3, 0.4) is 0 Å². The summed E-state index contributed by atoms with van der Waals surface area (Å²) in [6.07, 6.45) is 1.37. The first-order valence-corrected chi connectivity index (χ1v) is 7.22. The predicted molar refractivity (Wildman–Crippen MR) is 73.5 cm³/mol.